The quantitative estimate of drug-likeness (QED) is 0.856. The van der Waals surface area contributed by atoms with Gasteiger partial charge in [-0.15, -0.1) is 0 Å². The molecule has 106 valence electrons. The van der Waals surface area contributed by atoms with Crippen molar-refractivity contribution in [3.8, 4) is 5.75 Å². The Hall–Kier alpha value is -1.06. The molecule has 0 saturated heterocycles. The van der Waals surface area contributed by atoms with E-state index >= 15 is 0 Å². The van der Waals surface area contributed by atoms with E-state index in [4.69, 9.17) is 9.47 Å². The molecule has 1 aliphatic carbocycles. The molecule has 0 aromatic heterocycles. The first-order valence-corrected chi connectivity index (χ1v) is 6.97. The molecule has 1 saturated carbocycles. The fraction of sp³-hybridized carbons (Fsp3) is 0.625. The number of ether oxygens (including phenoxy) is 2. The van der Waals surface area contributed by atoms with Crippen molar-refractivity contribution in [1.29, 1.82) is 0 Å². The van der Waals surface area contributed by atoms with Crippen LogP contribution in [-0.2, 0) is 11.2 Å². The van der Waals surface area contributed by atoms with Gasteiger partial charge in [0.2, 0.25) is 0 Å². The van der Waals surface area contributed by atoms with Crippen molar-refractivity contribution in [1.82, 2.24) is 5.32 Å². The van der Waals surface area contributed by atoms with Gasteiger partial charge in [-0.3, -0.25) is 0 Å². The number of nitrogens with one attached hydrogen (secondary N) is 1. The number of benzene rings is 1. The average Bonchev–Trinajstić information content (AvgIpc) is 2.42. The van der Waals surface area contributed by atoms with Gasteiger partial charge in [0.15, 0.2) is 0 Å². The minimum atomic E-state index is 0.245. The molecule has 1 aromatic carbocycles. The van der Waals surface area contributed by atoms with E-state index in [1.807, 2.05) is 12.1 Å². The Morgan fingerprint density at radius 1 is 1.21 bits per heavy atom. The molecule has 1 aromatic rings. The van der Waals surface area contributed by atoms with Gasteiger partial charge < -0.3 is 14.8 Å². The molecule has 1 aliphatic rings. The third-order valence-corrected chi connectivity index (χ3v) is 4.43. The lowest BCUT2D eigenvalue weighted by atomic mass is 9.64. The van der Waals surface area contributed by atoms with Gasteiger partial charge in [-0.25, -0.2) is 0 Å². The zero-order valence-corrected chi connectivity index (χ0v) is 12.4. The Labute approximate surface area is 116 Å². The van der Waals surface area contributed by atoms with Crippen LogP contribution in [-0.4, -0.2) is 32.9 Å². The first kappa shape index (κ1) is 14.4. The summed E-state index contributed by atoms with van der Waals surface area (Å²) in [6.45, 7) is 5.56. The van der Waals surface area contributed by atoms with E-state index in [0.29, 0.717) is 12.1 Å². The number of methoxy groups -OCH3 is 2. The molecule has 0 amide bonds. The third kappa shape index (κ3) is 3.10. The lowest BCUT2D eigenvalue weighted by Crippen LogP contribution is -2.60. The van der Waals surface area contributed by atoms with Crippen molar-refractivity contribution in [3.05, 3.63) is 29.8 Å². The average molecular weight is 263 g/mol. The molecule has 2 atom stereocenters. The molecule has 0 bridgehead atoms. The fourth-order valence-corrected chi connectivity index (χ4v) is 2.81. The van der Waals surface area contributed by atoms with Crippen molar-refractivity contribution in [2.45, 2.75) is 38.8 Å². The standard InChI is InChI=1S/C16H25NO2/c1-16(2)14(11-15(16)19-4)17-10-9-12-5-7-13(18-3)8-6-12/h5-8,14-15,17H,9-11H2,1-4H3. The molecular formula is C16H25NO2. The van der Waals surface area contributed by atoms with Crippen molar-refractivity contribution >= 4 is 0 Å². The van der Waals surface area contributed by atoms with Gasteiger partial charge in [-0.05, 0) is 37.1 Å². The highest BCUT2D eigenvalue weighted by Crippen LogP contribution is 2.42. The summed E-state index contributed by atoms with van der Waals surface area (Å²) >= 11 is 0. The van der Waals surface area contributed by atoms with Crippen LogP contribution in [0, 0.1) is 5.41 Å². The highest BCUT2D eigenvalue weighted by atomic mass is 16.5. The highest BCUT2D eigenvalue weighted by Gasteiger charge is 2.47. The summed E-state index contributed by atoms with van der Waals surface area (Å²) in [6, 6.07) is 8.86. The lowest BCUT2D eigenvalue weighted by Gasteiger charge is -2.51. The predicted molar refractivity (Wildman–Crippen MR) is 77.7 cm³/mol. The molecule has 2 unspecified atom stereocenters. The molecule has 0 aliphatic heterocycles. The monoisotopic (exact) mass is 263 g/mol. The van der Waals surface area contributed by atoms with Crippen LogP contribution < -0.4 is 10.1 Å². The SMILES string of the molecule is COc1ccc(CCNC2CC(OC)C2(C)C)cc1. The van der Waals surface area contributed by atoms with Crippen LogP contribution in [0.4, 0.5) is 0 Å². The Bertz CT molecular complexity index is 400. The Morgan fingerprint density at radius 3 is 2.42 bits per heavy atom. The van der Waals surface area contributed by atoms with Crippen molar-refractivity contribution < 1.29 is 9.47 Å². The zero-order valence-electron chi connectivity index (χ0n) is 12.4. The normalized spacial score (nSPS) is 24.8. The summed E-state index contributed by atoms with van der Waals surface area (Å²) in [7, 11) is 3.50. The lowest BCUT2D eigenvalue weighted by molar-refractivity contribution is -0.0971. The van der Waals surface area contributed by atoms with E-state index in [0.717, 1.165) is 25.1 Å². The summed E-state index contributed by atoms with van der Waals surface area (Å²) in [4.78, 5) is 0. The predicted octanol–water partition coefficient (Wildman–Crippen LogP) is 2.64. The summed E-state index contributed by atoms with van der Waals surface area (Å²) in [5.74, 6) is 0.916. The van der Waals surface area contributed by atoms with Crippen LogP contribution in [0.5, 0.6) is 5.75 Å². The molecule has 0 spiro atoms. The maximum Gasteiger partial charge on any atom is 0.118 e. The molecule has 1 fully saturated rings. The number of hydrogen-bond donors (Lipinski definition) is 1. The van der Waals surface area contributed by atoms with Crippen LogP contribution in [0.25, 0.3) is 0 Å². The molecule has 0 radical (unpaired) electrons. The van der Waals surface area contributed by atoms with E-state index in [2.05, 4.69) is 31.3 Å². The maximum absolute atomic E-state index is 5.47. The first-order valence-electron chi connectivity index (χ1n) is 6.97. The van der Waals surface area contributed by atoms with Crippen LogP contribution in [0.2, 0.25) is 0 Å². The second kappa shape index (κ2) is 5.93. The molecular weight excluding hydrogens is 238 g/mol. The van der Waals surface area contributed by atoms with Gasteiger partial charge in [0.1, 0.15) is 5.75 Å². The second-order valence-corrected chi connectivity index (χ2v) is 5.89. The van der Waals surface area contributed by atoms with E-state index in [-0.39, 0.29) is 5.41 Å². The molecule has 3 nitrogen and oxygen atoms in total. The van der Waals surface area contributed by atoms with E-state index in [1.54, 1.807) is 14.2 Å². The zero-order chi connectivity index (χ0) is 13.9. The van der Waals surface area contributed by atoms with E-state index in [9.17, 15) is 0 Å². The number of hydrogen-bond acceptors (Lipinski definition) is 3. The highest BCUT2D eigenvalue weighted by molar-refractivity contribution is 5.27. The maximum atomic E-state index is 5.47. The molecule has 1 N–H and O–H groups in total. The van der Waals surface area contributed by atoms with E-state index in [1.165, 1.54) is 5.56 Å². The van der Waals surface area contributed by atoms with Gasteiger partial charge in [0.25, 0.3) is 0 Å². The molecule has 2 rings (SSSR count). The van der Waals surface area contributed by atoms with Gasteiger partial charge in [0.05, 0.1) is 13.2 Å². The minimum absolute atomic E-state index is 0.245. The smallest absolute Gasteiger partial charge is 0.118 e. The summed E-state index contributed by atoms with van der Waals surface area (Å²) in [5, 5.41) is 3.64. The molecule has 0 heterocycles. The van der Waals surface area contributed by atoms with Crippen molar-refractivity contribution in [2.24, 2.45) is 5.41 Å². The fourth-order valence-electron chi connectivity index (χ4n) is 2.81. The summed E-state index contributed by atoms with van der Waals surface area (Å²) in [5.41, 5.74) is 1.59. The van der Waals surface area contributed by atoms with Gasteiger partial charge >= 0.3 is 0 Å². The van der Waals surface area contributed by atoms with Crippen molar-refractivity contribution in [2.75, 3.05) is 20.8 Å². The third-order valence-electron chi connectivity index (χ3n) is 4.43. The molecule has 19 heavy (non-hydrogen) atoms. The van der Waals surface area contributed by atoms with Crippen LogP contribution in [0.15, 0.2) is 24.3 Å². The van der Waals surface area contributed by atoms with Gasteiger partial charge in [-0.2, -0.15) is 0 Å². The van der Waals surface area contributed by atoms with Gasteiger partial charge in [0, 0.05) is 18.6 Å². The summed E-state index contributed by atoms with van der Waals surface area (Å²) in [6.07, 6.45) is 2.56. The first-order chi connectivity index (χ1) is 9.07. The molecule has 3 heteroatoms. The Morgan fingerprint density at radius 2 is 1.89 bits per heavy atom. The van der Waals surface area contributed by atoms with Crippen LogP contribution in [0.1, 0.15) is 25.8 Å². The summed E-state index contributed by atoms with van der Waals surface area (Å²) < 4.78 is 10.6. The van der Waals surface area contributed by atoms with Crippen LogP contribution in [0.3, 0.4) is 0 Å². The largest absolute Gasteiger partial charge is 0.497 e. The topological polar surface area (TPSA) is 30.5 Å². The van der Waals surface area contributed by atoms with Crippen molar-refractivity contribution in [3.63, 3.8) is 0 Å². The second-order valence-electron chi connectivity index (χ2n) is 5.89. The van der Waals surface area contributed by atoms with E-state index < -0.39 is 0 Å². The van der Waals surface area contributed by atoms with Gasteiger partial charge in [-0.1, -0.05) is 26.0 Å². The van der Waals surface area contributed by atoms with Crippen LogP contribution >= 0.6 is 0 Å². The Balaban J connectivity index is 1.75. The minimum Gasteiger partial charge on any atom is -0.497 e. The number of rotatable bonds is 6. The Kier molecular flexibility index (Phi) is 4.48.